The summed E-state index contributed by atoms with van der Waals surface area (Å²) in [6, 6.07) is 5.64. The fraction of sp³-hybridized carbons (Fsp3) is 0.462. The second kappa shape index (κ2) is 6.13. The Hall–Kier alpha value is -1.71. The van der Waals surface area contributed by atoms with Crippen LogP contribution in [0.4, 0.5) is 0 Å². The van der Waals surface area contributed by atoms with Crippen LogP contribution < -0.4 is 14.8 Å². The number of ether oxygens (including phenoxy) is 2. The van der Waals surface area contributed by atoms with Gasteiger partial charge < -0.3 is 14.8 Å². The van der Waals surface area contributed by atoms with Crippen molar-refractivity contribution < 1.29 is 14.3 Å². The minimum atomic E-state index is 0.0235. The number of nitrogens with one attached hydrogen (secondary N) is 1. The molecule has 1 aromatic carbocycles. The van der Waals surface area contributed by atoms with Crippen LogP contribution in [-0.4, -0.2) is 27.2 Å². The molecule has 1 aromatic rings. The van der Waals surface area contributed by atoms with Crippen LogP contribution in [-0.2, 0) is 4.79 Å². The molecule has 1 amide bonds. The molecule has 0 aromatic heterocycles. The average molecular weight is 237 g/mol. The molecule has 0 saturated carbocycles. The zero-order valence-electron chi connectivity index (χ0n) is 10.7. The van der Waals surface area contributed by atoms with Gasteiger partial charge in [0.05, 0.1) is 14.2 Å². The first-order valence-electron chi connectivity index (χ1n) is 5.54. The highest BCUT2D eigenvalue weighted by Gasteiger charge is 2.15. The van der Waals surface area contributed by atoms with E-state index in [-0.39, 0.29) is 11.8 Å². The maximum atomic E-state index is 11.3. The summed E-state index contributed by atoms with van der Waals surface area (Å²) < 4.78 is 10.4. The smallest absolute Gasteiger partial charge is 0.220 e. The predicted octanol–water partition coefficient (Wildman–Crippen LogP) is 1.94. The van der Waals surface area contributed by atoms with E-state index in [1.165, 1.54) is 0 Å². The number of rotatable bonds is 5. The van der Waals surface area contributed by atoms with Crippen molar-refractivity contribution in [2.45, 2.75) is 19.3 Å². The summed E-state index contributed by atoms with van der Waals surface area (Å²) in [4.78, 5) is 11.3. The first kappa shape index (κ1) is 13.4. The number of hydrogen-bond acceptors (Lipinski definition) is 3. The summed E-state index contributed by atoms with van der Waals surface area (Å²) in [6.45, 7) is 2.00. The summed E-state index contributed by atoms with van der Waals surface area (Å²) in [5.41, 5.74) is 1.01. The maximum absolute atomic E-state index is 11.3. The first-order valence-corrected chi connectivity index (χ1v) is 5.54. The normalized spacial score (nSPS) is 11.8. The summed E-state index contributed by atoms with van der Waals surface area (Å²) in [5, 5.41) is 2.62. The van der Waals surface area contributed by atoms with Crippen LogP contribution in [0.1, 0.15) is 24.8 Å². The van der Waals surface area contributed by atoms with Gasteiger partial charge in [-0.2, -0.15) is 0 Å². The van der Waals surface area contributed by atoms with Gasteiger partial charge in [0.1, 0.15) is 11.5 Å². The van der Waals surface area contributed by atoms with Gasteiger partial charge in [0, 0.05) is 19.5 Å². The van der Waals surface area contributed by atoms with Gasteiger partial charge in [-0.05, 0) is 17.5 Å². The monoisotopic (exact) mass is 237 g/mol. The number of amides is 1. The van der Waals surface area contributed by atoms with Gasteiger partial charge in [-0.15, -0.1) is 0 Å². The van der Waals surface area contributed by atoms with Gasteiger partial charge in [-0.25, -0.2) is 0 Å². The summed E-state index contributed by atoms with van der Waals surface area (Å²) in [7, 11) is 4.87. The van der Waals surface area contributed by atoms with Crippen LogP contribution in [0.15, 0.2) is 18.2 Å². The van der Waals surface area contributed by atoms with Gasteiger partial charge in [0.2, 0.25) is 5.91 Å². The minimum Gasteiger partial charge on any atom is -0.497 e. The van der Waals surface area contributed by atoms with Gasteiger partial charge >= 0.3 is 0 Å². The molecular formula is C13H19NO3. The van der Waals surface area contributed by atoms with E-state index in [2.05, 4.69) is 5.32 Å². The molecule has 4 heteroatoms. The molecular weight excluding hydrogens is 218 g/mol. The topological polar surface area (TPSA) is 47.6 Å². The van der Waals surface area contributed by atoms with Crippen LogP contribution >= 0.6 is 0 Å². The molecule has 1 N–H and O–H groups in total. The van der Waals surface area contributed by atoms with E-state index in [1.54, 1.807) is 21.3 Å². The molecule has 17 heavy (non-hydrogen) atoms. The van der Waals surface area contributed by atoms with Crippen LogP contribution in [0.5, 0.6) is 11.5 Å². The molecule has 0 aliphatic rings. The lowest BCUT2D eigenvalue weighted by atomic mass is 9.96. The fourth-order valence-corrected chi connectivity index (χ4v) is 1.72. The third-order valence-corrected chi connectivity index (χ3v) is 2.74. The van der Waals surface area contributed by atoms with E-state index >= 15 is 0 Å². The quantitative estimate of drug-likeness (QED) is 0.851. The molecule has 0 heterocycles. The van der Waals surface area contributed by atoms with E-state index in [0.29, 0.717) is 6.42 Å². The Morgan fingerprint density at radius 1 is 1.35 bits per heavy atom. The lowest BCUT2D eigenvalue weighted by molar-refractivity contribution is -0.120. The van der Waals surface area contributed by atoms with Crippen molar-refractivity contribution in [3.05, 3.63) is 23.8 Å². The lowest BCUT2D eigenvalue weighted by Crippen LogP contribution is -2.19. The molecule has 0 saturated heterocycles. The molecule has 4 nitrogen and oxygen atoms in total. The third kappa shape index (κ3) is 3.37. The highest BCUT2D eigenvalue weighted by molar-refractivity contribution is 5.76. The van der Waals surface area contributed by atoms with Crippen molar-refractivity contribution in [1.82, 2.24) is 5.32 Å². The zero-order valence-corrected chi connectivity index (χ0v) is 10.7. The molecule has 0 aliphatic carbocycles. The first-order chi connectivity index (χ1) is 8.12. The lowest BCUT2D eigenvalue weighted by Gasteiger charge is -2.15. The summed E-state index contributed by atoms with van der Waals surface area (Å²) >= 11 is 0. The minimum absolute atomic E-state index is 0.0235. The van der Waals surface area contributed by atoms with E-state index in [9.17, 15) is 4.79 Å². The Morgan fingerprint density at radius 2 is 2.06 bits per heavy atom. The number of hydrogen-bond donors (Lipinski definition) is 1. The maximum Gasteiger partial charge on any atom is 0.220 e. The molecule has 94 valence electrons. The van der Waals surface area contributed by atoms with Crippen LogP contribution in [0.3, 0.4) is 0 Å². The second-order valence-electron chi connectivity index (χ2n) is 3.89. The van der Waals surface area contributed by atoms with Crippen molar-refractivity contribution in [3.8, 4) is 11.5 Å². The van der Waals surface area contributed by atoms with Crippen molar-refractivity contribution in [1.29, 1.82) is 0 Å². The number of methoxy groups -OCH3 is 2. The Balaban J connectivity index is 2.92. The molecule has 0 fully saturated rings. The molecule has 1 atom stereocenters. The van der Waals surface area contributed by atoms with Gasteiger partial charge in [0.25, 0.3) is 0 Å². The van der Waals surface area contributed by atoms with Gasteiger partial charge in [-0.1, -0.05) is 13.0 Å². The van der Waals surface area contributed by atoms with E-state index in [0.717, 1.165) is 17.1 Å². The highest BCUT2D eigenvalue weighted by atomic mass is 16.5. The van der Waals surface area contributed by atoms with Gasteiger partial charge in [-0.3, -0.25) is 4.79 Å². The van der Waals surface area contributed by atoms with Crippen molar-refractivity contribution >= 4 is 5.91 Å². The second-order valence-corrected chi connectivity index (χ2v) is 3.89. The predicted molar refractivity (Wildman–Crippen MR) is 66.6 cm³/mol. The van der Waals surface area contributed by atoms with Crippen LogP contribution in [0, 0.1) is 0 Å². The Bertz CT molecular complexity index is 390. The Labute approximate surface area is 102 Å². The Kier molecular flexibility index (Phi) is 4.82. The molecule has 0 bridgehead atoms. The van der Waals surface area contributed by atoms with Crippen LogP contribution in [0.25, 0.3) is 0 Å². The van der Waals surface area contributed by atoms with E-state index in [1.807, 2.05) is 25.1 Å². The molecule has 1 rings (SSSR count). The number of benzene rings is 1. The van der Waals surface area contributed by atoms with E-state index in [4.69, 9.17) is 9.47 Å². The molecule has 1 unspecified atom stereocenters. The summed E-state index contributed by atoms with van der Waals surface area (Å²) in [6.07, 6.45) is 0.444. The molecule has 0 spiro atoms. The number of carbonyl (C=O) groups excluding carboxylic acids is 1. The number of carbonyl (C=O) groups is 1. The van der Waals surface area contributed by atoms with Crippen molar-refractivity contribution in [2.75, 3.05) is 21.3 Å². The molecule has 0 radical (unpaired) electrons. The van der Waals surface area contributed by atoms with E-state index < -0.39 is 0 Å². The summed E-state index contributed by atoms with van der Waals surface area (Å²) in [5.74, 6) is 1.63. The highest BCUT2D eigenvalue weighted by Crippen LogP contribution is 2.31. The molecule has 0 aliphatic heterocycles. The standard InChI is InChI=1S/C13H19NO3/c1-9(7-13(15)14-2)11-6-5-10(16-3)8-12(11)17-4/h5-6,8-9H,7H2,1-4H3,(H,14,15). The zero-order chi connectivity index (χ0) is 12.8. The van der Waals surface area contributed by atoms with Crippen LogP contribution in [0.2, 0.25) is 0 Å². The largest absolute Gasteiger partial charge is 0.497 e. The SMILES string of the molecule is CNC(=O)CC(C)c1ccc(OC)cc1OC. The Morgan fingerprint density at radius 3 is 2.59 bits per heavy atom. The van der Waals surface area contributed by atoms with Crippen molar-refractivity contribution in [2.24, 2.45) is 0 Å². The van der Waals surface area contributed by atoms with Crippen molar-refractivity contribution in [3.63, 3.8) is 0 Å². The van der Waals surface area contributed by atoms with Gasteiger partial charge in [0.15, 0.2) is 0 Å². The third-order valence-electron chi connectivity index (χ3n) is 2.74. The fourth-order valence-electron chi connectivity index (χ4n) is 1.72. The average Bonchev–Trinajstić information content (AvgIpc) is 2.37.